The first-order chi connectivity index (χ1) is 14.8. The van der Waals surface area contributed by atoms with Gasteiger partial charge in [0.15, 0.2) is 0 Å². The molecule has 0 amide bonds. The van der Waals surface area contributed by atoms with Crippen LogP contribution in [-0.2, 0) is 29.8 Å². The van der Waals surface area contributed by atoms with Crippen LogP contribution in [0.15, 0.2) is 0 Å². The molecule has 0 radical (unpaired) electrons. The average molecular weight is 499 g/mol. The molecule has 3 saturated heterocycles. The predicted molar refractivity (Wildman–Crippen MR) is 107 cm³/mol. The molecule has 172 valence electrons. The Labute approximate surface area is 187 Å². The molecule has 0 aromatic rings. The number of aliphatic carboxylic acids is 1. The summed E-state index contributed by atoms with van der Waals surface area (Å²) in [4.78, 5) is 56.6. The standard InChI is InChI=1S/C18H32N4O8.Ga/c1-2-14(18(29)30)22-9-7-20(12-16(25)26)5-3-19(11-15(23)24)4-6-21(8-10-22)13-17(27)28;/h14H,2-13H2,1H3,(H,23,24)(H,25,26)(H,27,28)(H,29,30);/q;+3/p-3. The molecule has 0 aromatic heterocycles. The molecule has 3 fully saturated rings. The van der Waals surface area contributed by atoms with Crippen molar-refractivity contribution in [2.75, 3.05) is 72.0 Å². The Morgan fingerprint density at radius 3 is 1.48 bits per heavy atom. The van der Waals surface area contributed by atoms with E-state index in [1.807, 2.05) is 26.5 Å². The molecule has 31 heavy (non-hydrogen) atoms. The van der Waals surface area contributed by atoms with Gasteiger partial charge in [-0.1, -0.05) is 0 Å². The van der Waals surface area contributed by atoms with Gasteiger partial charge in [0, 0.05) is 0 Å². The van der Waals surface area contributed by atoms with E-state index < -0.39 is 47.2 Å². The van der Waals surface area contributed by atoms with E-state index in [0.29, 0.717) is 58.8 Å². The van der Waals surface area contributed by atoms with Gasteiger partial charge in [-0.15, -0.1) is 0 Å². The van der Waals surface area contributed by atoms with Crippen molar-refractivity contribution in [3.63, 3.8) is 0 Å². The Balaban J connectivity index is 1.92. The van der Waals surface area contributed by atoms with Gasteiger partial charge in [-0.2, -0.15) is 0 Å². The molecule has 1 N–H and O–H groups in total. The Bertz CT molecular complexity index is 659. The summed E-state index contributed by atoms with van der Waals surface area (Å²) in [7, 11) is 0. The van der Waals surface area contributed by atoms with Crippen LogP contribution in [0.4, 0.5) is 0 Å². The zero-order valence-corrected chi connectivity index (χ0v) is 20.2. The number of nitrogens with zero attached hydrogens (tertiary/aromatic N) is 4. The molecular formula is C18H29GaN4O8. The molecule has 3 heterocycles. The first-order valence-electron chi connectivity index (χ1n) is 10.6. The second kappa shape index (κ2) is 11.3. The fourth-order valence-corrected chi connectivity index (χ4v) is 6.10. The van der Waals surface area contributed by atoms with E-state index in [2.05, 4.69) is 0 Å². The van der Waals surface area contributed by atoms with Gasteiger partial charge in [0.05, 0.1) is 0 Å². The van der Waals surface area contributed by atoms with Crippen LogP contribution in [0, 0.1) is 0 Å². The zero-order valence-electron chi connectivity index (χ0n) is 17.7. The van der Waals surface area contributed by atoms with Gasteiger partial charge >= 0.3 is 187 Å². The Hall–Kier alpha value is -1.64. The van der Waals surface area contributed by atoms with E-state index in [1.165, 1.54) is 0 Å². The summed E-state index contributed by atoms with van der Waals surface area (Å²) in [5.41, 5.74) is 0. The maximum absolute atomic E-state index is 12.5. The van der Waals surface area contributed by atoms with Gasteiger partial charge in [0.2, 0.25) is 0 Å². The second-order valence-corrected chi connectivity index (χ2v) is 10.6. The molecule has 12 nitrogen and oxygen atoms in total. The van der Waals surface area contributed by atoms with Crippen molar-refractivity contribution in [2.24, 2.45) is 0 Å². The molecule has 3 atom stereocenters. The maximum atomic E-state index is 12.5. The number of fused-ring (bicyclic) bond motifs is 7. The van der Waals surface area contributed by atoms with E-state index in [0.717, 1.165) is 0 Å². The van der Waals surface area contributed by atoms with Crippen molar-refractivity contribution in [2.45, 2.75) is 19.4 Å². The van der Waals surface area contributed by atoms with Gasteiger partial charge in [-0.25, -0.2) is 0 Å². The number of carbonyl (C=O) groups is 4. The zero-order chi connectivity index (χ0) is 22.4. The average Bonchev–Trinajstić information content (AvgIpc) is 2.72. The molecule has 3 rings (SSSR count). The summed E-state index contributed by atoms with van der Waals surface area (Å²) in [6, 6.07) is -0.651. The van der Waals surface area contributed by atoms with Gasteiger partial charge in [0.25, 0.3) is 0 Å². The predicted octanol–water partition coefficient (Wildman–Crippen LogP) is -2.29. The number of carbonyl (C=O) groups excluding carboxylic acids is 3. The van der Waals surface area contributed by atoms with Crippen LogP contribution in [0.5, 0.6) is 0 Å². The first-order valence-corrected chi connectivity index (χ1v) is 13.5. The van der Waals surface area contributed by atoms with E-state index in [4.69, 9.17) is 10.6 Å². The minimum absolute atomic E-state index is 0.0293. The number of carboxylic acid groups (broad SMARTS) is 1. The van der Waals surface area contributed by atoms with Crippen LogP contribution in [0.2, 0.25) is 0 Å². The molecule has 4 bridgehead atoms. The van der Waals surface area contributed by atoms with E-state index in [9.17, 15) is 24.3 Å². The second-order valence-electron chi connectivity index (χ2n) is 7.88. The molecule has 0 aliphatic carbocycles. The van der Waals surface area contributed by atoms with Crippen molar-refractivity contribution in [1.82, 2.24) is 19.6 Å². The van der Waals surface area contributed by atoms with Crippen LogP contribution in [-0.4, -0.2) is 144 Å². The number of hydrogen-bond acceptors (Lipinski definition) is 11. The van der Waals surface area contributed by atoms with Gasteiger partial charge < -0.3 is 0 Å². The monoisotopic (exact) mass is 498 g/mol. The Morgan fingerprint density at radius 2 is 1.16 bits per heavy atom. The third-order valence-corrected chi connectivity index (χ3v) is 8.59. The first kappa shape index (κ1) is 24.0. The van der Waals surface area contributed by atoms with Crippen LogP contribution >= 0.6 is 0 Å². The summed E-state index contributed by atoms with van der Waals surface area (Å²) in [6.45, 7) is 5.69. The van der Waals surface area contributed by atoms with E-state index in [1.54, 1.807) is 0 Å². The van der Waals surface area contributed by atoms with Crippen molar-refractivity contribution in [1.29, 1.82) is 0 Å². The summed E-state index contributed by atoms with van der Waals surface area (Å²) in [5.74, 6) is -2.67. The summed E-state index contributed by atoms with van der Waals surface area (Å²) in [5, 5.41) is 9.65. The van der Waals surface area contributed by atoms with Crippen LogP contribution in [0.25, 0.3) is 0 Å². The molecule has 0 aromatic carbocycles. The molecule has 0 spiro atoms. The topological polar surface area (TPSA) is 129 Å². The quantitative estimate of drug-likeness (QED) is 0.420. The molecule has 3 aliphatic heterocycles. The van der Waals surface area contributed by atoms with Crippen LogP contribution < -0.4 is 0 Å². The number of carboxylic acids is 1. The van der Waals surface area contributed by atoms with E-state index >= 15 is 0 Å². The molecule has 0 saturated carbocycles. The summed E-state index contributed by atoms with van der Waals surface area (Å²) < 4.78 is 15.9. The van der Waals surface area contributed by atoms with Crippen molar-refractivity contribution >= 4 is 41.2 Å². The summed E-state index contributed by atoms with van der Waals surface area (Å²) >= 11 is -3.86. The Kier molecular flexibility index (Phi) is 8.74. The fraction of sp³-hybridized carbons (Fsp3) is 0.778. The van der Waals surface area contributed by atoms with Crippen LogP contribution in [0.3, 0.4) is 0 Å². The van der Waals surface area contributed by atoms with Gasteiger partial charge in [-0.3, -0.25) is 0 Å². The van der Waals surface area contributed by atoms with Crippen molar-refractivity contribution < 1.29 is 34.9 Å². The SMILES string of the molecule is CCC(C(=O)O)N1CCN2CCN3CCN(CC1)CC(=O)[O][Ga]([O]C(=O)C3)[O]C(=O)C2. The molecule has 3 aliphatic rings. The Morgan fingerprint density at radius 1 is 0.806 bits per heavy atom. The van der Waals surface area contributed by atoms with Crippen LogP contribution in [0.1, 0.15) is 13.3 Å². The fourth-order valence-electron chi connectivity index (χ4n) is 3.98. The third-order valence-electron chi connectivity index (χ3n) is 5.73. The normalized spacial score (nSPS) is 30.0. The third kappa shape index (κ3) is 7.19. The molecule has 13 heteroatoms. The van der Waals surface area contributed by atoms with Gasteiger partial charge in [0.1, 0.15) is 0 Å². The molecular weight excluding hydrogens is 470 g/mol. The number of hydrogen-bond donors (Lipinski definition) is 1. The molecule has 3 unspecified atom stereocenters. The van der Waals surface area contributed by atoms with Gasteiger partial charge in [-0.05, 0) is 0 Å². The van der Waals surface area contributed by atoms with Crippen molar-refractivity contribution in [3.8, 4) is 0 Å². The minimum atomic E-state index is -3.86. The summed E-state index contributed by atoms with van der Waals surface area (Å²) in [6.07, 6.45) is 0.446. The van der Waals surface area contributed by atoms with Crippen molar-refractivity contribution in [3.05, 3.63) is 0 Å². The number of rotatable bonds is 3. The van der Waals surface area contributed by atoms with E-state index in [-0.39, 0.29) is 19.6 Å².